The Balaban J connectivity index is 1.16. The van der Waals surface area contributed by atoms with Crippen LogP contribution in [0.2, 0.25) is 0 Å². The van der Waals surface area contributed by atoms with Crippen LogP contribution in [-0.2, 0) is 22.6 Å². The van der Waals surface area contributed by atoms with Gasteiger partial charge in [0.25, 0.3) is 0 Å². The standard InChI is InChI=1S/C35H43N5O5/c1-3-36-34(42)37-20-24-8-14-27(15-9-24)33-44-31(23(2)32(45-33)26-12-10-25(22-41)11-13-26)21-39-18-16-28(17-19-39)40-30-7-5-4-6-29(30)38-35(40)43/h4-15,23,28,31-33,41H,3,16-22H2,1-2H3,(H,38,43)(H2,36,37,42)/t23-,31+,32+,33?/m0/s1. The summed E-state index contributed by atoms with van der Waals surface area (Å²) in [7, 11) is 0. The van der Waals surface area contributed by atoms with E-state index in [2.05, 4.69) is 27.4 Å². The van der Waals surface area contributed by atoms with Crippen LogP contribution >= 0.6 is 0 Å². The molecule has 238 valence electrons. The molecule has 45 heavy (non-hydrogen) atoms. The third-order valence-corrected chi connectivity index (χ3v) is 9.15. The average Bonchev–Trinajstić information content (AvgIpc) is 3.41. The summed E-state index contributed by atoms with van der Waals surface area (Å²) in [4.78, 5) is 30.1. The van der Waals surface area contributed by atoms with Gasteiger partial charge in [0.15, 0.2) is 6.29 Å². The van der Waals surface area contributed by atoms with E-state index in [-0.39, 0.29) is 42.5 Å². The Kier molecular flexibility index (Phi) is 9.65. The molecule has 0 saturated carbocycles. The van der Waals surface area contributed by atoms with Crippen LogP contribution in [0, 0.1) is 5.92 Å². The maximum atomic E-state index is 12.8. The van der Waals surface area contributed by atoms with Crippen LogP contribution in [0.3, 0.4) is 0 Å². The number of likely N-dealkylation sites (tertiary alicyclic amines) is 1. The molecule has 4 atom stereocenters. The number of H-pyrrole nitrogens is 1. The number of fused-ring (bicyclic) bond motifs is 1. The number of piperidine rings is 1. The zero-order chi connectivity index (χ0) is 31.3. The first kappa shape index (κ1) is 31.0. The lowest BCUT2D eigenvalue weighted by molar-refractivity contribution is -0.276. The van der Waals surface area contributed by atoms with Crippen molar-refractivity contribution in [1.82, 2.24) is 25.1 Å². The highest BCUT2D eigenvalue weighted by Gasteiger charge is 2.39. The fraction of sp³-hybridized carbons (Fsp3) is 0.429. The van der Waals surface area contributed by atoms with Crippen molar-refractivity contribution < 1.29 is 19.4 Å². The van der Waals surface area contributed by atoms with Crippen LogP contribution in [0.4, 0.5) is 4.79 Å². The van der Waals surface area contributed by atoms with Crippen molar-refractivity contribution in [3.8, 4) is 0 Å². The van der Waals surface area contributed by atoms with Crippen LogP contribution in [-0.4, -0.2) is 57.9 Å². The fourth-order valence-corrected chi connectivity index (χ4v) is 6.58. The molecule has 10 nitrogen and oxygen atoms in total. The zero-order valence-electron chi connectivity index (χ0n) is 25.9. The van der Waals surface area contributed by atoms with E-state index in [4.69, 9.17) is 9.47 Å². The van der Waals surface area contributed by atoms with Crippen molar-refractivity contribution in [3.63, 3.8) is 0 Å². The van der Waals surface area contributed by atoms with E-state index in [1.165, 1.54) is 0 Å². The van der Waals surface area contributed by atoms with Gasteiger partial charge in [0.1, 0.15) is 0 Å². The van der Waals surface area contributed by atoms with Crippen LogP contribution in [0.1, 0.15) is 67.4 Å². The van der Waals surface area contributed by atoms with Gasteiger partial charge in [-0.2, -0.15) is 0 Å². The maximum Gasteiger partial charge on any atom is 0.326 e. The van der Waals surface area contributed by atoms with Gasteiger partial charge in [-0.1, -0.05) is 67.6 Å². The number of urea groups is 1. The summed E-state index contributed by atoms with van der Waals surface area (Å²) in [5.41, 5.74) is 5.62. The first-order valence-electron chi connectivity index (χ1n) is 16.0. The molecule has 2 aliphatic heterocycles. The van der Waals surface area contributed by atoms with Crippen molar-refractivity contribution >= 4 is 17.1 Å². The smallest absolute Gasteiger partial charge is 0.326 e. The van der Waals surface area contributed by atoms with Crippen molar-refractivity contribution in [3.05, 3.63) is 106 Å². The van der Waals surface area contributed by atoms with Gasteiger partial charge in [-0.3, -0.25) is 4.57 Å². The SMILES string of the molecule is CCNC(=O)NCc1ccc(C2O[C@H](CN3CCC(n4c(=O)[nH]c5ccccc54)CC3)[C@H](C)[C@H](c3ccc(CO)cc3)O2)cc1. The maximum absolute atomic E-state index is 12.8. The predicted molar refractivity (Wildman–Crippen MR) is 173 cm³/mol. The number of para-hydroxylation sites is 2. The van der Waals surface area contributed by atoms with E-state index in [9.17, 15) is 14.7 Å². The molecule has 2 fully saturated rings. The van der Waals surface area contributed by atoms with Crippen molar-refractivity contribution in [2.75, 3.05) is 26.2 Å². The van der Waals surface area contributed by atoms with Crippen LogP contribution < -0.4 is 16.3 Å². The molecule has 0 spiro atoms. The number of hydrogen-bond donors (Lipinski definition) is 4. The number of nitrogens with zero attached hydrogens (tertiary/aromatic N) is 2. The molecule has 3 heterocycles. The van der Waals surface area contributed by atoms with Gasteiger partial charge in [-0.25, -0.2) is 9.59 Å². The molecule has 2 amide bonds. The normalized spacial score (nSPS) is 22.8. The van der Waals surface area contributed by atoms with E-state index in [1.54, 1.807) is 0 Å². The number of aromatic nitrogens is 2. The predicted octanol–water partition coefficient (Wildman–Crippen LogP) is 4.77. The lowest BCUT2D eigenvalue weighted by atomic mass is 9.89. The molecule has 1 unspecified atom stereocenters. The van der Waals surface area contributed by atoms with Crippen LogP contribution in [0.15, 0.2) is 77.6 Å². The van der Waals surface area contributed by atoms with Crippen molar-refractivity contribution in [2.24, 2.45) is 5.92 Å². The molecule has 3 aromatic carbocycles. The Labute approximate surface area is 263 Å². The first-order valence-corrected chi connectivity index (χ1v) is 16.0. The minimum Gasteiger partial charge on any atom is -0.392 e. The number of rotatable bonds is 9. The summed E-state index contributed by atoms with van der Waals surface area (Å²) >= 11 is 0. The fourth-order valence-electron chi connectivity index (χ4n) is 6.58. The third kappa shape index (κ3) is 6.99. The Hall–Kier alpha value is -3.96. The number of aliphatic hydroxyl groups excluding tert-OH is 1. The first-order chi connectivity index (χ1) is 21.9. The minimum atomic E-state index is -0.554. The van der Waals surface area contributed by atoms with Gasteiger partial charge in [0, 0.05) is 50.2 Å². The second-order valence-electron chi connectivity index (χ2n) is 12.1. The molecule has 0 bridgehead atoms. The van der Waals surface area contributed by atoms with Gasteiger partial charge < -0.3 is 35.1 Å². The van der Waals surface area contributed by atoms with E-state index in [1.807, 2.05) is 84.3 Å². The summed E-state index contributed by atoms with van der Waals surface area (Å²) in [6.45, 7) is 7.57. The Bertz CT molecular complexity index is 1620. The molecule has 4 aromatic rings. The summed E-state index contributed by atoms with van der Waals surface area (Å²) in [5, 5.41) is 15.2. The lowest BCUT2D eigenvalue weighted by Gasteiger charge is -2.44. The number of carbonyl (C=O) groups is 1. The molecular formula is C35H43N5O5. The van der Waals surface area contributed by atoms with Gasteiger partial charge in [0.2, 0.25) is 0 Å². The van der Waals surface area contributed by atoms with Gasteiger partial charge >= 0.3 is 11.7 Å². The van der Waals surface area contributed by atoms with E-state index >= 15 is 0 Å². The van der Waals surface area contributed by atoms with Gasteiger partial charge in [0.05, 0.1) is 29.8 Å². The molecule has 0 aliphatic carbocycles. The Morgan fingerprint density at radius 3 is 2.33 bits per heavy atom. The summed E-state index contributed by atoms with van der Waals surface area (Å²) < 4.78 is 15.2. The topological polar surface area (TPSA) is 121 Å². The molecule has 4 N–H and O–H groups in total. The van der Waals surface area contributed by atoms with Gasteiger partial charge in [-0.15, -0.1) is 0 Å². The summed E-state index contributed by atoms with van der Waals surface area (Å²) in [6.07, 6.45) is 0.948. The number of carbonyl (C=O) groups excluding carboxylic acids is 1. The second kappa shape index (κ2) is 14.0. The Morgan fingerprint density at radius 1 is 0.933 bits per heavy atom. The molecule has 2 aliphatic rings. The number of aliphatic hydroxyl groups is 1. The number of aromatic amines is 1. The number of ether oxygens (including phenoxy) is 2. The number of nitrogens with one attached hydrogen (secondary N) is 3. The summed E-state index contributed by atoms with van der Waals surface area (Å²) in [6, 6.07) is 23.8. The van der Waals surface area contributed by atoms with Crippen LogP contribution in [0.25, 0.3) is 11.0 Å². The van der Waals surface area contributed by atoms with Crippen LogP contribution in [0.5, 0.6) is 0 Å². The molecule has 6 rings (SSSR count). The quantitative estimate of drug-likeness (QED) is 0.216. The molecular weight excluding hydrogens is 570 g/mol. The summed E-state index contributed by atoms with van der Waals surface area (Å²) in [5.74, 6) is 0.0794. The van der Waals surface area contributed by atoms with E-state index < -0.39 is 6.29 Å². The number of hydrogen-bond acceptors (Lipinski definition) is 6. The largest absolute Gasteiger partial charge is 0.392 e. The average molecular weight is 614 g/mol. The molecule has 0 radical (unpaired) electrons. The van der Waals surface area contributed by atoms with Gasteiger partial charge in [-0.05, 0) is 48.6 Å². The zero-order valence-corrected chi connectivity index (χ0v) is 25.9. The molecule has 1 aromatic heterocycles. The second-order valence-corrected chi connectivity index (χ2v) is 12.1. The molecule has 10 heteroatoms. The highest BCUT2D eigenvalue weighted by atomic mass is 16.7. The Morgan fingerprint density at radius 2 is 1.62 bits per heavy atom. The lowest BCUT2D eigenvalue weighted by Crippen LogP contribution is -2.47. The number of imidazole rings is 1. The monoisotopic (exact) mass is 613 g/mol. The van der Waals surface area contributed by atoms with E-state index in [0.717, 1.165) is 65.8 Å². The third-order valence-electron chi connectivity index (χ3n) is 9.15. The number of benzene rings is 3. The highest BCUT2D eigenvalue weighted by molar-refractivity contribution is 5.75. The van der Waals surface area contributed by atoms with Crippen molar-refractivity contribution in [2.45, 2.75) is 64.4 Å². The van der Waals surface area contributed by atoms with E-state index in [0.29, 0.717) is 13.1 Å². The highest BCUT2D eigenvalue weighted by Crippen LogP contribution is 2.42. The van der Waals surface area contributed by atoms with Crippen molar-refractivity contribution in [1.29, 1.82) is 0 Å². The number of amides is 2. The molecule has 2 saturated heterocycles. The minimum absolute atomic E-state index is 0.00233.